The lowest BCUT2D eigenvalue weighted by molar-refractivity contribution is -0.122. The molecule has 0 unspecified atom stereocenters. The molecule has 2 aromatic carbocycles. The second-order valence-electron chi connectivity index (χ2n) is 7.53. The van der Waals surface area contributed by atoms with E-state index in [4.69, 9.17) is 23.2 Å². The van der Waals surface area contributed by atoms with Gasteiger partial charge < -0.3 is 4.57 Å². The topological polar surface area (TPSA) is 71.4 Å². The maximum Gasteiger partial charge on any atom is 0.335 e. The number of aromatic nitrogens is 1. The van der Waals surface area contributed by atoms with E-state index in [-0.39, 0.29) is 5.57 Å². The first-order valence-corrected chi connectivity index (χ1v) is 10.6. The minimum atomic E-state index is -0.780. The summed E-state index contributed by atoms with van der Waals surface area (Å²) < 4.78 is 1.90. The number of carbonyl (C=O) groups excluding carboxylic acids is 3. The molecule has 0 radical (unpaired) electrons. The number of urea groups is 1. The van der Waals surface area contributed by atoms with Crippen LogP contribution in [0.1, 0.15) is 22.5 Å². The molecule has 4 amide bonds. The van der Waals surface area contributed by atoms with Crippen molar-refractivity contribution in [2.24, 2.45) is 0 Å². The van der Waals surface area contributed by atoms with Gasteiger partial charge in [-0.1, -0.05) is 47.0 Å². The predicted octanol–water partition coefficient (Wildman–Crippen LogP) is 5.38. The van der Waals surface area contributed by atoms with Gasteiger partial charge in [-0.25, -0.2) is 9.69 Å². The van der Waals surface area contributed by atoms with Gasteiger partial charge in [0.2, 0.25) is 0 Å². The molecular formula is C24H19Cl2N3O3. The number of benzene rings is 2. The quantitative estimate of drug-likeness (QED) is 0.415. The van der Waals surface area contributed by atoms with Crippen LogP contribution in [0.4, 0.5) is 10.5 Å². The molecule has 1 fully saturated rings. The number of carbonyl (C=O) groups is 3. The Bertz CT molecular complexity index is 1310. The normalized spacial score (nSPS) is 15.5. The van der Waals surface area contributed by atoms with E-state index in [1.165, 1.54) is 6.08 Å². The number of aryl methyl sites for hydroxylation is 2. The van der Waals surface area contributed by atoms with Crippen LogP contribution in [0.25, 0.3) is 11.8 Å². The van der Waals surface area contributed by atoms with Crippen LogP contribution in [0, 0.1) is 20.8 Å². The highest BCUT2D eigenvalue weighted by molar-refractivity contribution is 6.43. The third-order valence-corrected chi connectivity index (χ3v) is 6.15. The van der Waals surface area contributed by atoms with E-state index in [0.717, 1.165) is 21.9 Å². The Morgan fingerprint density at radius 3 is 2.31 bits per heavy atom. The first-order valence-electron chi connectivity index (χ1n) is 9.80. The number of imide groups is 2. The summed E-state index contributed by atoms with van der Waals surface area (Å²) in [6.45, 7) is 5.64. The molecule has 1 N–H and O–H groups in total. The van der Waals surface area contributed by atoms with E-state index in [1.807, 2.05) is 37.5 Å². The summed E-state index contributed by atoms with van der Waals surface area (Å²) in [6.07, 6.45) is 1.49. The molecule has 0 saturated carbocycles. The number of barbiturate groups is 1. The van der Waals surface area contributed by atoms with Gasteiger partial charge >= 0.3 is 6.03 Å². The maximum atomic E-state index is 13.1. The summed E-state index contributed by atoms with van der Waals surface area (Å²) in [5, 5.41) is 3.07. The highest BCUT2D eigenvalue weighted by Crippen LogP contribution is 2.32. The van der Waals surface area contributed by atoms with Crippen LogP contribution >= 0.6 is 23.2 Å². The van der Waals surface area contributed by atoms with Crippen molar-refractivity contribution in [3.8, 4) is 5.69 Å². The fourth-order valence-corrected chi connectivity index (χ4v) is 4.09. The average Bonchev–Trinajstić information content (AvgIpc) is 3.01. The summed E-state index contributed by atoms with van der Waals surface area (Å²) in [5.41, 5.74) is 4.17. The Hall–Kier alpha value is -3.35. The van der Waals surface area contributed by atoms with Gasteiger partial charge in [-0.05, 0) is 62.7 Å². The first kappa shape index (κ1) is 21.9. The van der Waals surface area contributed by atoms with Gasteiger partial charge in [-0.2, -0.15) is 0 Å². The lowest BCUT2D eigenvalue weighted by atomic mass is 10.1. The van der Waals surface area contributed by atoms with Crippen LogP contribution in [-0.4, -0.2) is 22.4 Å². The lowest BCUT2D eigenvalue weighted by Crippen LogP contribution is -2.54. The minimum Gasteiger partial charge on any atom is -0.316 e. The van der Waals surface area contributed by atoms with Crippen molar-refractivity contribution >= 4 is 52.8 Å². The third kappa shape index (κ3) is 3.72. The second-order valence-corrected chi connectivity index (χ2v) is 8.31. The van der Waals surface area contributed by atoms with Crippen molar-refractivity contribution in [3.05, 3.63) is 86.7 Å². The first-order chi connectivity index (χ1) is 15.2. The molecule has 1 saturated heterocycles. The van der Waals surface area contributed by atoms with Crippen molar-refractivity contribution < 1.29 is 14.4 Å². The minimum absolute atomic E-state index is 0.136. The Morgan fingerprint density at radius 1 is 0.938 bits per heavy atom. The van der Waals surface area contributed by atoms with Crippen molar-refractivity contribution in [2.75, 3.05) is 4.90 Å². The highest BCUT2D eigenvalue weighted by Gasteiger charge is 2.37. The fraction of sp³-hybridized carbons (Fsp3) is 0.125. The van der Waals surface area contributed by atoms with Gasteiger partial charge in [0.25, 0.3) is 11.8 Å². The molecule has 0 bridgehead atoms. The third-order valence-electron chi connectivity index (χ3n) is 5.34. The number of hydrogen-bond donors (Lipinski definition) is 1. The maximum absolute atomic E-state index is 13.1. The Labute approximate surface area is 195 Å². The van der Waals surface area contributed by atoms with E-state index >= 15 is 0 Å². The monoisotopic (exact) mass is 467 g/mol. The molecule has 4 rings (SSSR count). The van der Waals surface area contributed by atoms with Gasteiger partial charge in [0.15, 0.2) is 0 Å². The highest BCUT2D eigenvalue weighted by atomic mass is 35.5. The lowest BCUT2D eigenvalue weighted by Gasteiger charge is -2.26. The van der Waals surface area contributed by atoms with Crippen molar-refractivity contribution in [2.45, 2.75) is 20.8 Å². The van der Waals surface area contributed by atoms with E-state index in [2.05, 4.69) is 5.32 Å². The summed E-state index contributed by atoms with van der Waals surface area (Å²) >= 11 is 12.6. The molecule has 2 heterocycles. The average molecular weight is 468 g/mol. The van der Waals surface area contributed by atoms with Crippen LogP contribution in [-0.2, 0) is 9.59 Å². The second kappa shape index (κ2) is 8.30. The SMILES string of the molecule is Cc1ccc(N2C(=O)NC(=O)/C(=C\c3cc(C)n(-c4cccc(Cl)c4Cl)c3C)C2=O)cc1. The molecule has 0 aliphatic carbocycles. The smallest absolute Gasteiger partial charge is 0.316 e. The number of amides is 4. The molecule has 32 heavy (non-hydrogen) atoms. The summed E-state index contributed by atoms with van der Waals surface area (Å²) in [5.74, 6) is -1.43. The molecule has 0 spiro atoms. The van der Waals surface area contributed by atoms with E-state index in [0.29, 0.717) is 27.0 Å². The van der Waals surface area contributed by atoms with Crippen LogP contribution < -0.4 is 10.2 Å². The van der Waals surface area contributed by atoms with E-state index in [1.54, 1.807) is 36.4 Å². The van der Waals surface area contributed by atoms with Crippen LogP contribution in [0.2, 0.25) is 10.0 Å². The number of rotatable bonds is 3. The standard InChI is InChI=1S/C24H19Cl2N3O3/c1-13-7-9-17(10-8-13)29-23(31)18(22(30)27-24(29)32)12-16-11-14(2)28(15(16)3)20-6-4-5-19(25)21(20)26/h4-12H,1-3H3,(H,27,30,32)/b18-12+. The molecular weight excluding hydrogens is 449 g/mol. The van der Waals surface area contributed by atoms with Crippen molar-refractivity contribution in [1.82, 2.24) is 9.88 Å². The molecule has 6 nitrogen and oxygen atoms in total. The van der Waals surface area contributed by atoms with Crippen molar-refractivity contribution in [3.63, 3.8) is 0 Å². The van der Waals surface area contributed by atoms with Gasteiger partial charge in [-0.3, -0.25) is 14.9 Å². The van der Waals surface area contributed by atoms with E-state index in [9.17, 15) is 14.4 Å². The Balaban J connectivity index is 1.78. The molecule has 1 aromatic heterocycles. The summed E-state index contributed by atoms with van der Waals surface area (Å²) in [7, 11) is 0. The number of nitrogens with zero attached hydrogens (tertiary/aromatic N) is 2. The van der Waals surface area contributed by atoms with Gasteiger partial charge in [0.1, 0.15) is 5.57 Å². The summed E-state index contributed by atoms with van der Waals surface area (Å²) in [4.78, 5) is 39.0. The predicted molar refractivity (Wildman–Crippen MR) is 125 cm³/mol. The Kier molecular flexibility index (Phi) is 5.67. The molecule has 162 valence electrons. The number of halogens is 2. The number of anilines is 1. The van der Waals surface area contributed by atoms with Crippen molar-refractivity contribution in [1.29, 1.82) is 0 Å². The Morgan fingerprint density at radius 2 is 1.62 bits per heavy atom. The molecule has 1 aliphatic heterocycles. The van der Waals surface area contributed by atoms with Crippen LogP contribution in [0.15, 0.2) is 54.1 Å². The number of hydrogen-bond acceptors (Lipinski definition) is 3. The zero-order valence-electron chi connectivity index (χ0n) is 17.6. The fourth-order valence-electron chi connectivity index (χ4n) is 3.71. The summed E-state index contributed by atoms with van der Waals surface area (Å²) in [6, 6.07) is 13.3. The molecule has 1 aliphatic rings. The molecule has 3 aromatic rings. The molecule has 0 atom stereocenters. The van der Waals surface area contributed by atoms with Gasteiger partial charge in [0, 0.05) is 11.4 Å². The van der Waals surface area contributed by atoms with Crippen LogP contribution in [0.5, 0.6) is 0 Å². The zero-order valence-corrected chi connectivity index (χ0v) is 19.1. The zero-order chi connectivity index (χ0) is 23.2. The van der Waals surface area contributed by atoms with Gasteiger partial charge in [-0.15, -0.1) is 0 Å². The van der Waals surface area contributed by atoms with Crippen LogP contribution in [0.3, 0.4) is 0 Å². The molecule has 8 heteroatoms. The largest absolute Gasteiger partial charge is 0.335 e. The number of nitrogens with one attached hydrogen (secondary N) is 1. The van der Waals surface area contributed by atoms with Gasteiger partial charge in [0.05, 0.1) is 21.4 Å². The van der Waals surface area contributed by atoms with E-state index < -0.39 is 17.8 Å².